The van der Waals surface area contributed by atoms with Gasteiger partial charge in [-0.05, 0) is 31.9 Å². The van der Waals surface area contributed by atoms with Gasteiger partial charge in [0, 0.05) is 17.5 Å². The number of ether oxygens (including phenoxy) is 1. The van der Waals surface area contributed by atoms with Crippen molar-refractivity contribution in [3.8, 4) is 5.75 Å². The molecule has 1 fully saturated rings. The van der Waals surface area contributed by atoms with Crippen LogP contribution in [0.25, 0.3) is 0 Å². The van der Waals surface area contributed by atoms with Gasteiger partial charge in [0.2, 0.25) is 5.78 Å². The Morgan fingerprint density at radius 3 is 3.04 bits per heavy atom. The second-order valence-corrected chi connectivity index (χ2v) is 6.38. The summed E-state index contributed by atoms with van der Waals surface area (Å²) in [6.45, 7) is 2.93. The van der Waals surface area contributed by atoms with Crippen LogP contribution in [-0.2, 0) is 0 Å². The standard InChI is InChI=1S/C17H18N2O4S/c1-2-23-12-6-3-5-11(9-12)15(20)13-10-24-16(18-13)14-7-4-8-19(14)17(21)22/h3,5-6,9-10,14H,2,4,7-8H2,1H3,(H,21,22). The molecule has 6 nitrogen and oxygen atoms in total. The van der Waals surface area contributed by atoms with Gasteiger partial charge in [0.15, 0.2) is 0 Å². The summed E-state index contributed by atoms with van der Waals surface area (Å²) in [7, 11) is 0. The number of hydrogen-bond donors (Lipinski definition) is 1. The summed E-state index contributed by atoms with van der Waals surface area (Å²) in [6, 6.07) is 6.75. The van der Waals surface area contributed by atoms with Gasteiger partial charge in [-0.1, -0.05) is 12.1 Å². The molecule has 0 spiro atoms. The van der Waals surface area contributed by atoms with Gasteiger partial charge in [0.1, 0.15) is 16.5 Å². The number of likely N-dealkylation sites (tertiary alicyclic amines) is 1. The fourth-order valence-electron chi connectivity index (χ4n) is 2.84. The average molecular weight is 346 g/mol. The number of ketones is 1. The summed E-state index contributed by atoms with van der Waals surface area (Å²) >= 11 is 1.34. The third kappa shape index (κ3) is 3.26. The number of benzene rings is 1. The maximum atomic E-state index is 12.6. The van der Waals surface area contributed by atoms with E-state index in [9.17, 15) is 14.7 Å². The third-order valence-corrected chi connectivity index (χ3v) is 4.89. The minimum absolute atomic E-state index is 0.182. The van der Waals surface area contributed by atoms with E-state index in [0.29, 0.717) is 35.2 Å². The maximum absolute atomic E-state index is 12.6. The van der Waals surface area contributed by atoms with Crippen molar-refractivity contribution in [2.45, 2.75) is 25.8 Å². The van der Waals surface area contributed by atoms with Crippen LogP contribution in [0.15, 0.2) is 29.6 Å². The number of rotatable bonds is 5. The van der Waals surface area contributed by atoms with Crippen LogP contribution < -0.4 is 4.74 Å². The Kier molecular flexibility index (Phi) is 4.80. The molecule has 24 heavy (non-hydrogen) atoms. The SMILES string of the molecule is CCOc1cccc(C(=O)c2csc(C3CCCN3C(=O)O)n2)c1. The van der Waals surface area contributed by atoms with E-state index in [2.05, 4.69) is 4.98 Å². The fourth-order valence-corrected chi connectivity index (χ4v) is 3.78. The summed E-state index contributed by atoms with van der Waals surface area (Å²) in [4.78, 5) is 29.7. The van der Waals surface area contributed by atoms with E-state index in [1.54, 1.807) is 29.6 Å². The van der Waals surface area contributed by atoms with E-state index in [-0.39, 0.29) is 11.8 Å². The van der Waals surface area contributed by atoms with Crippen molar-refractivity contribution in [3.63, 3.8) is 0 Å². The van der Waals surface area contributed by atoms with Gasteiger partial charge in [-0.2, -0.15) is 0 Å². The molecular weight excluding hydrogens is 328 g/mol. The smallest absolute Gasteiger partial charge is 0.407 e. The van der Waals surface area contributed by atoms with Crippen LogP contribution in [0, 0.1) is 0 Å². The number of carboxylic acid groups (broad SMARTS) is 1. The summed E-state index contributed by atoms with van der Waals surface area (Å²) in [5, 5.41) is 11.6. The minimum atomic E-state index is -0.940. The quantitative estimate of drug-likeness (QED) is 0.837. The highest BCUT2D eigenvalue weighted by Gasteiger charge is 2.32. The Hall–Kier alpha value is -2.41. The Bertz CT molecular complexity index is 759. The lowest BCUT2D eigenvalue weighted by molar-refractivity contribution is 0.103. The van der Waals surface area contributed by atoms with Crippen LogP contribution in [-0.4, -0.2) is 40.0 Å². The predicted molar refractivity (Wildman–Crippen MR) is 89.9 cm³/mol. The molecule has 3 rings (SSSR count). The second-order valence-electron chi connectivity index (χ2n) is 5.49. The van der Waals surface area contributed by atoms with Crippen molar-refractivity contribution < 1.29 is 19.4 Å². The first-order valence-corrected chi connectivity index (χ1v) is 8.70. The van der Waals surface area contributed by atoms with Gasteiger partial charge < -0.3 is 9.84 Å². The van der Waals surface area contributed by atoms with E-state index < -0.39 is 6.09 Å². The third-order valence-electron chi connectivity index (χ3n) is 3.95. The number of thiazole rings is 1. The molecule has 1 aliphatic heterocycles. The Morgan fingerprint density at radius 2 is 2.29 bits per heavy atom. The number of carbonyl (C=O) groups excluding carboxylic acids is 1. The second kappa shape index (κ2) is 7.00. The summed E-state index contributed by atoms with van der Waals surface area (Å²) in [6.07, 6.45) is 0.619. The van der Waals surface area contributed by atoms with Crippen molar-refractivity contribution >= 4 is 23.2 Å². The molecule has 0 saturated carbocycles. The number of aromatic nitrogens is 1. The number of carbonyl (C=O) groups is 2. The molecule has 0 radical (unpaired) electrons. The number of amides is 1. The van der Waals surface area contributed by atoms with Crippen LogP contribution in [0.5, 0.6) is 5.75 Å². The Labute approximate surface area is 143 Å². The number of nitrogens with zero attached hydrogens (tertiary/aromatic N) is 2. The predicted octanol–water partition coefficient (Wildman–Crippen LogP) is 3.59. The van der Waals surface area contributed by atoms with E-state index >= 15 is 0 Å². The van der Waals surface area contributed by atoms with Gasteiger partial charge in [-0.25, -0.2) is 9.78 Å². The largest absolute Gasteiger partial charge is 0.494 e. The summed E-state index contributed by atoms with van der Waals surface area (Å²) < 4.78 is 5.42. The van der Waals surface area contributed by atoms with Crippen LogP contribution in [0.1, 0.15) is 46.9 Å². The van der Waals surface area contributed by atoms with E-state index in [0.717, 1.165) is 12.8 Å². The van der Waals surface area contributed by atoms with Crippen LogP contribution in [0.3, 0.4) is 0 Å². The molecule has 1 N–H and O–H groups in total. The molecule has 2 heterocycles. The van der Waals surface area contributed by atoms with Gasteiger partial charge >= 0.3 is 6.09 Å². The molecule has 2 aromatic rings. The van der Waals surface area contributed by atoms with Gasteiger partial charge in [-0.15, -0.1) is 11.3 Å². The van der Waals surface area contributed by atoms with Gasteiger partial charge in [0.25, 0.3) is 0 Å². The summed E-state index contributed by atoms with van der Waals surface area (Å²) in [5.41, 5.74) is 0.861. The lowest BCUT2D eigenvalue weighted by atomic mass is 10.1. The zero-order valence-electron chi connectivity index (χ0n) is 13.3. The van der Waals surface area contributed by atoms with Crippen LogP contribution in [0.4, 0.5) is 4.79 Å². The minimum Gasteiger partial charge on any atom is -0.494 e. The molecular formula is C17H18N2O4S. The first-order chi connectivity index (χ1) is 11.6. The van der Waals surface area contributed by atoms with Crippen LogP contribution >= 0.6 is 11.3 Å². The van der Waals surface area contributed by atoms with Crippen molar-refractivity contribution in [3.05, 3.63) is 45.9 Å². The Balaban J connectivity index is 1.81. The molecule has 0 aliphatic carbocycles. The lowest BCUT2D eigenvalue weighted by Crippen LogP contribution is -2.28. The van der Waals surface area contributed by atoms with Crippen molar-refractivity contribution in [2.75, 3.05) is 13.2 Å². The fraction of sp³-hybridized carbons (Fsp3) is 0.353. The molecule has 7 heteroatoms. The van der Waals surface area contributed by atoms with Crippen LogP contribution in [0.2, 0.25) is 0 Å². The lowest BCUT2D eigenvalue weighted by Gasteiger charge is -2.18. The summed E-state index contributed by atoms with van der Waals surface area (Å²) in [5.74, 6) is 0.463. The van der Waals surface area contributed by atoms with Crippen molar-refractivity contribution in [1.29, 1.82) is 0 Å². The average Bonchev–Trinajstić information content (AvgIpc) is 3.23. The highest BCUT2D eigenvalue weighted by molar-refractivity contribution is 7.10. The molecule has 126 valence electrons. The molecule has 1 atom stereocenters. The Morgan fingerprint density at radius 1 is 1.46 bits per heavy atom. The zero-order valence-corrected chi connectivity index (χ0v) is 14.1. The van der Waals surface area contributed by atoms with Crippen molar-refractivity contribution in [1.82, 2.24) is 9.88 Å². The highest BCUT2D eigenvalue weighted by atomic mass is 32.1. The normalized spacial score (nSPS) is 17.0. The van der Waals surface area contributed by atoms with E-state index in [1.807, 2.05) is 6.92 Å². The molecule has 1 amide bonds. The topological polar surface area (TPSA) is 79.7 Å². The highest BCUT2D eigenvalue weighted by Crippen LogP contribution is 2.34. The van der Waals surface area contributed by atoms with E-state index in [4.69, 9.17) is 4.74 Å². The first kappa shape index (κ1) is 16.4. The molecule has 1 aliphatic rings. The molecule has 1 aromatic carbocycles. The van der Waals surface area contributed by atoms with Crippen molar-refractivity contribution in [2.24, 2.45) is 0 Å². The monoisotopic (exact) mass is 346 g/mol. The zero-order chi connectivity index (χ0) is 17.1. The van der Waals surface area contributed by atoms with E-state index in [1.165, 1.54) is 16.2 Å². The number of hydrogen-bond acceptors (Lipinski definition) is 5. The molecule has 1 unspecified atom stereocenters. The maximum Gasteiger partial charge on any atom is 0.407 e. The van der Waals surface area contributed by atoms with Gasteiger partial charge in [0.05, 0.1) is 12.6 Å². The first-order valence-electron chi connectivity index (χ1n) is 7.82. The van der Waals surface area contributed by atoms with Gasteiger partial charge in [-0.3, -0.25) is 9.69 Å². The molecule has 1 aromatic heterocycles. The molecule has 0 bridgehead atoms. The molecule has 1 saturated heterocycles.